The van der Waals surface area contributed by atoms with Crippen LogP contribution in [0.5, 0.6) is 0 Å². The Morgan fingerprint density at radius 3 is 3.00 bits per heavy atom. The molecule has 0 aliphatic carbocycles. The lowest BCUT2D eigenvalue weighted by atomic mass is 10.3. The maximum absolute atomic E-state index is 11.0. The molecule has 1 heterocycles. The van der Waals surface area contributed by atoms with Crippen LogP contribution in [0.2, 0.25) is 0 Å². The van der Waals surface area contributed by atoms with Crippen molar-refractivity contribution in [3.05, 3.63) is 29.6 Å². The van der Waals surface area contributed by atoms with Crippen LogP contribution < -0.4 is 5.32 Å². The molecule has 3 heteroatoms. The van der Waals surface area contributed by atoms with Gasteiger partial charge in [0.2, 0.25) is 0 Å². The molecule has 0 atom stereocenters. The molecule has 1 amide bonds. The van der Waals surface area contributed by atoms with Crippen LogP contribution >= 0.6 is 0 Å². The van der Waals surface area contributed by atoms with Gasteiger partial charge in [0, 0.05) is 7.05 Å². The fourth-order valence-corrected chi connectivity index (χ4v) is 0.770. The van der Waals surface area contributed by atoms with Crippen molar-refractivity contribution in [1.29, 1.82) is 0 Å². The number of nitrogens with one attached hydrogen (secondary N) is 1. The Balaban J connectivity index is 3.04. The van der Waals surface area contributed by atoms with Gasteiger partial charge < -0.3 is 5.32 Å². The van der Waals surface area contributed by atoms with Crippen LogP contribution in [0, 0.1) is 12.3 Å². The summed E-state index contributed by atoms with van der Waals surface area (Å²) in [6.45, 7) is 0. The lowest BCUT2D eigenvalue weighted by Crippen LogP contribution is -2.19. The number of nitrogens with zero attached hydrogens (tertiary/aromatic N) is 1. The SMILES string of the molecule is C#Cc1cccc(C(=O)NC)n1. The third-order valence-corrected chi connectivity index (χ3v) is 1.36. The molecular weight excluding hydrogens is 152 g/mol. The highest BCUT2D eigenvalue weighted by Crippen LogP contribution is 1.97. The number of carbonyl (C=O) groups excluding carboxylic acids is 1. The van der Waals surface area contributed by atoms with Crippen molar-refractivity contribution in [3.8, 4) is 12.3 Å². The van der Waals surface area contributed by atoms with Crippen molar-refractivity contribution < 1.29 is 4.79 Å². The average Bonchev–Trinajstić information content (AvgIpc) is 2.17. The van der Waals surface area contributed by atoms with Crippen LogP contribution in [0.1, 0.15) is 16.2 Å². The zero-order chi connectivity index (χ0) is 8.97. The Hall–Kier alpha value is -1.82. The molecule has 1 rings (SSSR count). The summed E-state index contributed by atoms with van der Waals surface area (Å²) in [6.07, 6.45) is 5.12. The minimum absolute atomic E-state index is 0.230. The topological polar surface area (TPSA) is 42.0 Å². The molecule has 0 aromatic carbocycles. The molecule has 0 bridgehead atoms. The molecule has 0 aliphatic heterocycles. The van der Waals surface area contributed by atoms with Gasteiger partial charge in [0.1, 0.15) is 11.4 Å². The number of carbonyl (C=O) groups is 1. The predicted molar refractivity (Wildman–Crippen MR) is 45.6 cm³/mol. The monoisotopic (exact) mass is 160 g/mol. The first kappa shape index (κ1) is 8.28. The second-order valence-corrected chi connectivity index (χ2v) is 2.13. The number of aromatic nitrogens is 1. The molecule has 0 saturated carbocycles. The quantitative estimate of drug-likeness (QED) is 0.605. The first-order valence-corrected chi connectivity index (χ1v) is 3.43. The van der Waals surface area contributed by atoms with Crippen LogP contribution in [0.25, 0.3) is 0 Å². The van der Waals surface area contributed by atoms with E-state index in [2.05, 4.69) is 16.2 Å². The van der Waals surface area contributed by atoms with Crippen LogP contribution in [0.15, 0.2) is 18.2 Å². The normalized spacial score (nSPS) is 8.67. The molecule has 0 spiro atoms. The molecular formula is C9H8N2O. The van der Waals surface area contributed by atoms with Gasteiger partial charge in [-0.3, -0.25) is 4.79 Å². The molecule has 60 valence electrons. The number of amides is 1. The lowest BCUT2D eigenvalue weighted by Gasteiger charge is -1.97. The second kappa shape index (κ2) is 3.54. The summed E-state index contributed by atoms with van der Waals surface area (Å²) in [5.74, 6) is 2.13. The van der Waals surface area contributed by atoms with Crippen LogP contribution in [0.3, 0.4) is 0 Å². The minimum atomic E-state index is -0.230. The molecule has 0 unspecified atom stereocenters. The van der Waals surface area contributed by atoms with Gasteiger partial charge in [0.15, 0.2) is 0 Å². The Morgan fingerprint density at radius 1 is 1.67 bits per heavy atom. The Bertz CT molecular complexity index is 339. The highest BCUT2D eigenvalue weighted by atomic mass is 16.1. The highest BCUT2D eigenvalue weighted by Gasteiger charge is 2.03. The van der Waals surface area contributed by atoms with Crippen molar-refractivity contribution in [3.63, 3.8) is 0 Å². The van der Waals surface area contributed by atoms with E-state index in [0.29, 0.717) is 11.4 Å². The number of hydrogen-bond acceptors (Lipinski definition) is 2. The molecule has 12 heavy (non-hydrogen) atoms. The van der Waals surface area contributed by atoms with Crippen LogP contribution in [-0.2, 0) is 0 Å². The van der Waals surface area contributed by atoms with Gasteiger partial charge in [-0.2, -0.15) is 0 Å². The fraction of sp³-hybridized carbons (Fsp3) is 0.111. The van der Waals surface area contributed by atoms with Gasteiger partial charge in [-0.25, -0.2) is 4.98 Å². The summed E-state index contributed by atoms with van der Waals surface area (Å²) in [5, 5.41) is 2.46. The summed E-state index contributed by atoms with van der Waals surface area (Å²) < 4.78 is 0. The van der Waals surface area contributed by atoms with Gasteiger partial charge in [0.25, 0.3) is 5.91 Å². The third-order valence-electron chi connectivity index (χ3n) is 1.36. The largest absolute Gasteiger partial charge is 0.354 e. The molecule has 0 radical (unpaired) electrons. The van der Waals surface area contributed by atoms with Crippen LogP contribution in [-0.4, -0.2) is 17.9 Å². The fourth-order valence-electron chi connectivity index (χ4n) is 0.770. The molecule has 0 saturated heterocycles. The predicted octanol–water partition coefficient (Wildman–Crippen LogP) is 0.422. The van der Waals surface area contributed by atoms with E-state index in [-0.39, 0.29) is 5.91 Å². The molecule has 1 aromatic rings. The average molecular weight is 160 g/mol. The molecule has 0 aliphatic rings. The smallest absolute Gasteiger partial charge is 0.269 e. The minimum Gasteiger partial charge on any atom is -0.354 e. The number of pyridine rings is 1. The molecule has 3 nitrogen and oxygen atoms in total. The summed E-state index contributed by atoms with van der Waals surface area (Å²) in [7, 11) is 1.55. The lowest BCUT2D eigenvalue weighted by molar-refractivity contribution is 0.0958. The zero-order valence-corrected chi connectivity index (χ0v) is 6.66. The van der Waals surface area contributed by atoms with Gasteiger partial charge in [-0.05, 0) is 12.1 Å². The zero-order valence-electron chi connectivity index (χ0n) is 6.66. The van der Waals surface area contributed by atoms with Crippen LogP contribution in [0.4, 0.5) is 0 Å². The van der Waals surface area contributed by atoms with E-state index in [0.717, 1.165) is 0 Å². The third kappa shape index (κ3) is 1.61. The van der Waals surface area contributed by atoms with Crippen molar-refractivity contribution >= 4 is 5.91 Å². The van der Waals surface area contributed by atoms with Gasteiger partial charge in [0.05, 0.1) is 0 Å². The van der Waals surface area contributed by atoms with E-state index >= 15 is 0 Å². The molecule has 1 N–H and O–H groups in total. The second-order valence-electron chi connectivity index (χ2n) is 2.13. The Kier molecular flexibility index (Phi) is 2.44. The first-order valence-electron chi connectivity index (χ1n) is 3.43. The number of terminal acetylenes is 1. The van der Waals surface area contributed by atoms with Crippen molar-refractivity contribution in [2.45, 2.75) is 0 Å². The Morgan fingerprint density at radius 2 is 2.42 bits per heavy atom. The maximum atomic E-state index is 11.0. The maximum Gasteiger partial charge on any atom is 0.269 e. The molecule has 0 fully saturated rings. The van der Waals surface area contributed by atoms with E-state index in [1.54, 1.807) is 25.2 Å². The number of hydrogen-bond donors (Lipinski definition) is 1. The standard InChI is InChI=1S/C9H8N2O/c1-3-7-5-4-6-8(11-7)9(12)10-2/h1,4-6H,2H3,(H,10,12). The molecule has 1 aromatic heterocycles. The highest BCUT2D eigenvalue weighted by molar-refractivity contribution is 5.92. The summed E-state index contributed by atoms with van der Waals surface area (Å²) in [5.41, 5.74) is 0.809. The first-order chi connectivity index (χ1) is 5.77. The summed E-state index contributed by atoms with van der Waals surface area (Å²) in [4.78, 5) is 15.0. The van der Waals surface area contributed by atoms with Crippen molar-refractivity contribution in [2.75, 3.05) is 7.05 Å². The van der Waals surface area contributed by atoms with Crippen molar-refractivity contribution in [2.24, 2.45) is 0 Å². The van der Waals surface area contributed by atoms with Crippen molar-refractivity contribution in [1.82, 2.24) is 10.3 Å². The van der Waals surface area contributed by atoms with Gasteiger partial charge in [-0.1, -0.05) is 12.0 Å². The Labute approximate surface area is 70.8 Å². The van der Waals surface area contributed by atoms with Gasteiger partial charge >= 0.3 is 0 Å². The number of rotatable bonds is 1. The van der Waals surface area contributed by atoms with E-state index in [1.165, 1.54) is 0 Å². The van der Waals surface area contributed by atoms with E-state index in [4.69, 9.17) is 6.42 Å². The summed E-state index contributed by atoms with van der Waals surface area (Å²) >= 11 is 0. The van der Waals surface area contributed by atoms with E-state index in [1.807, 2.05) is 0 Å². The van der Waals surface area contributed by atoms with E-state index in [9.17, 15) is 4.79 Å². The van der Waals surface area contributed by atoms with Gasteiger partial charge in [-0.15, -0.1) is 6.42 Å². The van der Waals surface area contributed by atoms with E-state index < -0.39 is 0 Å². The summed E-state index contributed by atoms with van der Waals surface area (Å²) in [6, 6.07) is 4.98.